The number of para-hydroxylation sites is 1. The first-order valence-corrected chi connectivity index (χ1v) is 7.79. The molecule has 0 N–H and O–H groups in total. The molecule has 3 nitrogen and oxygen atoms in total. The van der Waals surface area contributed by atoms with E-state index in [4.69, 9.17) is 0 Å². The Balaban J connectivity index is 2.02. The Morgan fingerprint density at radius 2 is 1.68 bits per heavy atom. The van der Waals surface area contributed by atoms with Crippen molar-refractivity contribution in [2.24, 2.45) is 5.10 Å². The molecule has 2 aromatic carbocycles. The van der Waals surface area contributed by atoms with Gasteiger partial charge in [0.1, 0.15) is 0 Å². The maximum absolute atomic E-state index is 12.7. The number of benzene rings is 2. The van der Waals surface area contributed by atoms with Crippen molar-refractivity contribution in [2.75, 3.05) is 5.01 Å². The van der Waals surface area contributed by atoms with E-state index in [0.29, 0.717) is 5.57 Å². The summed E-state index contributed by atoms with van der Waals surface area (Å²) in [6.45, 7) is 3.84. The Morgan fingerprint density at radius 3 is 2.32 bits per heavy atom. The van der Waals surface area contributed by atoms with Gasteiger partial charge in [0.05, 0.1) is 17.0 Å². The highest BCUT2D eigenvalue weighted by Gasteiger charge is 2.30. The van der Waals surface area contributed by atoms with E-state index >= 15 is 0 Å². The molecule has 1 aliphatic rings. The summed E-state index contributed by atoms with van der Waals surface area (Å²) in [7, 11) is 0. The van der Waals surface area contributed by atoms with E-state index < -0.39 is 0 Å². The zero-order valence-electron chi connectivity index (χ0n) is 12.4. The fraction of sp³-hybridized carbons (Fsp3) is 0.111. The van der Waals surface area contributed by atoms with Gasteiger partial charge >= 0.3 is 0 Å². The van der Waals surface area contributed by atoms with Crippen LogP contribution in [0.1, 0.15) is 19.4 Å². The molecule has 0 atom stereocenters. The van der Waals surface area contributed by atoms with Crippen LogP contribution in [-0.4, -0.2) is 11.6 Å². The minimum absolute atomic E-state index is 0.0795. The van der Waals surface area contributed by atoms with Gasteiger partial charge in [-0.15, -0.1) is 0 Å². The lowest BCUT2D eigenvalue weighted by molar-refractivity contribution is -0.114. The van der Waals surface area contributed by atoms with Crippen LogP contribution in [0.3, 0.4) is 0 Å². The van der Waals surface area contributed by atoms with E-state index in [0.717, 1.165) is 27.0 Å². The maximum atomic E-state index is 12.7. The van der Waals surface area contributed by atoms with E-state index in [1.165, 1.54) is 5.01 Å². The van der Waals surface area contributed by atoms with E-state index in [9.17, 15) is 4.79 Å². The van der Waals surface area contributed by atoms with Crippen LogP contribution in [0.4, 0.5) is 5.69 Å². The Bertz CT molecular complexity index is 776. The average Bonchev–Trinajstić information content (AvgIpc) is 2.83. The highest BCUT2D eigenvalue weighted by molar-refractivity contribution is 9.10. The van der Waals surface area contributed by atoms with E-state index in [1.807, 2.05) is 68.4 Å². The third kappa shape index (κ3) is 2.62. The predicted octanol–water partition coefficient (Wildman–Crippen LogP) is 4.65. The normalized spacial score (nSPS) is 16.8. The number of hydrogen-bond donors (Lipinski definition) is 0. The van der Waals surface area contributed by atoms with Gasteiger partial charge in [-0.05, 0) is 49.2 Å². The molecule has 0 aromatic heterocycles. The van der Waals surface area contributed by atoms with Gasteiger partial charge in [-0.1, -0.05) is 46.3 Å². The monoisotopic (exact) mass is 354 g/mol. The molecule has 4 heteroatoms. The highest BCUT2D eigenvalue weighted by atomic mass is 79.9. The molecule has 0 aliphatic carbocycles. The molecule has 3 rings (SSSR count). The predicted molar refractivity (Wildman–Crippen MR) is 93.8 cm³/mol. The molecule has 0 saturated heterocycles. The van der Waals surface area contributed by atoms with E-state index in [-0.39, 0.29) is 5.91 Å². The minimum Gasteiger partial charge on any atom is -0.267 e. The molecule has 0 unspecified atom stereocenters. The molecule has 110 valence electrons. The molecule has 2 aromatic rings. The molecular weight excluding hydrogens is 340 g/mol. The quantitative estimate of drug-likeness (QED) is 0.722. The Kier molecular flexibility index (Phi) is 3.94. The van der Waals surface area contributed by atoms with Crippen molar-refractivity contribution in [2.45, 2.75) is 13.8 Å². The largest absolute Gasteiger partial charge is 0.280 e. The zero-order chi connectivity index (χ0) is 15.7. The van der Waals surface area contributed by atoms with Crippen LogP contribution < -0.4 is 5.01 Å². The molecule has 1 heterocycles. The van der Waals surface area contributed by atoms with Gasteiger partial charge in [0.25, 0.3) is 5.91 Å². The van der Waals surface area contributed by atoms with Gasteiger partial charge in [-0.25, -0.2) is 0 Å². The van der Waals surface area contributed by atoms with Crippen LogP contribution in [0.5, 0.6) is 0 Å². The minimum atomic E-state index is -0.0795. The van der Waals surface area contributed by atoms with Gasteiger partial charge in [-0.2, -0.15) is 10.1 Å². The number of hydrazone groups is 1. The molecule has 0 spiro atoms. The Morgan fingerprint density at radius 1 is 1.05 bits per heavy atom. The summed E-state index contributed by atoms with van der Waals surface area (Å²) in [6, 6.07) is 17.4. The van der Waals surface area contributed by atoms with Crippen LogP contribution >= 0.6 is 15.9 Å². The SMILES string of the molecule is CC1=NN(c2ccccc2)C(=O)/C1=C(/C)c1ccc(Br)cc1. The summed E-state index contributed by atoms with van der Waals surface area (Å²) >= 11 is 3.43. The number of carbonyl (C=O) groups is 1. The lowest BCUT2D eigenvalue weighted by Crippen LogP contribution is -2.21. The fourth-order valence-electron chi connectivity index (χ4n) is 2.53. The molecule has 22 heavy (non-hydrogen) atoms. The second-order valence-corrected chi connectivity index (χ2v) is 6.06. The third-order valence-electron chi connectivity index (χ3n) is 3.67. The van der Waals surface area contributed by atoms with E-state index in [2.05, 4.69) is 21.0 Å². The van der Waals surface area contributed by atoms with Gasteiger partial charge in [0.2, 0.25) is 0 Å². The van der Waals surface area contributed by atoms with Crippen molar-refractivity contribution in [3.63, 3.8) is 0 Å². The van der Waals surface area contributed by atoms with Crippen LogP contribution in [0.2, 0.25) is 0 Å². The molecule has 0 radical (unpaired) electrons. The second-order valence-electron chi connectivity index (χ2n) is 5.14. The smallest absolute Gasteiger partial charge is 0.267 e. The summed E-state index contributed by atoms with van der Waals surface area (Å²) < 4.78 is 1.02. The summed E-state index contributed by atoms with van der Waals surface area (Å²) in [6.07, 6.45) is 0. The van der Waals surface area contributed by atoms with Crippen molar-refractivity contribution >= 4 is 38.8 Å². The highest BCUT2D eigenvalue weighted by Crippen LogP contribution is 2.29. The molecule has 1 aliphatic heterocycles. The average molecular weight is 355 g/mol. The van der Waals surface area contributed by atoms with Crippen LogP contribution in [-0.2, 0) is 4.79 Å². The number of anilines is 1. The number of rotatable bonds is 2. The number of hydrogen-bond acceptors (Lipinski definition) is 2. The zero-order valence-corrected chi connectivity index (χ0v) is 14.0. The van der Waals surface area contributed by atoms with Gasteiger partial charge < -0.3 is 0 Å². The van der Waals surface area contributed by atoms with Crippen molar-refractivity contribution in [3.8, 4) is 0 Å². The third-order valence-corrected chi connectivity index (χ3v) is 4.20. The number of carbonyl (C=O) groups excluding carboxylic acids is 1. The van der Waals surface area contributed by atoms with Crippen molar-refractivity contribution < 1.29 is 4.79 Å². The van der Waals surface area contributed by atoms with Crippen molar-refractivity contribution in [1.82, 2.24) is 0 Å². The first-order chi connectivity index (χ1) is 10.6. The van der Waals surface area contributed by atoms with Crippen LogP contribution in [0.15, 0.2) is 69.7 Å². The molecular formula is C18H15BrN2O. The first-order valence-electron chi connectivity index (χ1n) is 7.00. The van der Waals surface area contributed by atoms with Gasteiger partial charge in [0.15, 0.2) is 0 Å². The first kappa shape index (κ1) is 14.7. The second kappa shape index (κ2) is 5.89. The van der Waals surface area contributed by atoms with Crippen LogP contribution in [0, 0.1) is 0 Å². The molecule has 0 bridgehead atoms. The number of amides is 1. The fourth-order valence-corrected chi connectivity index (χ4v) is 2.79. The topological polar surface area (TPSA) is 32.7 Å². The van der Waals surface area contributed by atoms with Crippen LogP contribution in [0.25, 0.3) is 5.57 Å². The molecule has 0 fully saturated rings. The summed E-state index contributed by atoms with van der Waals surface area (Å²) in [4.78, 5) is 12.7. The molecule has 0 saturated carbocycles. The lowest BCUT2D eigenvalue weighted by Gasteiger charge is -2.12. The van der Waals surface area contributed by atoms with Gasteiger partial charge in [0, 0.05) is 4.47 Å². The molecule has 1 amide bonds. The summed E-state index contributed by atoms with van der Waals surface area (Å²) in [5.41, 5.74) is 4.17. The Labute approximate surface area is 138 Å². The van der Waals surface area contributed by atoms with E-state index in [1.54, 1.807) is 0 Å². The number of nitrogens with zero attached hydrogens (tertiary/aromatic N) is 2. The van der Waals surface area contributed by atoms with Gasteiger partial charge in [-0.3, -0.25) is 4.79 Å². The van der Waals surface area contributed by atoms with Crippen molar-refractivity contribution in [1.29, 1.82) is 0 Å². The maximum Gasteiger partial charge on any atom is 0.280 e. The lowest BCUT2D eigenvalue weighted by atomic mass is 9.98. The number of halogens is 1. The summed E-state index contributed by atoms with van der Waals surface area (Å²) in [5.74, 6) is -0.0795. The van der Waals surface area contributed by atoms with Crippen molar-refractivity contribution in [3.05, 3.63) is 70.2 Å². The number of allylic oxidation sites excluding steroid dienone is 1. The standard InChI is InChI=1S/C18H15BrN2O/c1-12(14-8-10-15(19)11-9-14)17-13(2)20-21(18(17)22)16-6-4-3-5-7-16/h3-11H,1-2H3/b17-12-. The summed E-state index contributed by atoms with van der Waals surface area (Å²) in [5, 5.41) is 5.88. The Hall–Kier alpha value is -2.20.